The van der Waals surface area contributed by atoms with Crippen molar-refractivity contribution in [3.8, 4) is 0 Å². The van der Waals surface area contributed by atoms with Crippen LogP contribution in [0.25, 0.3) is 0 Å². The van der Waals surface area contributed by atoms with Crippen molar-refractivity contribution in [2.45, 2.75) is 32.9 Å². The Kier molecular flexibility index (Phi) is 4.54. The first kappa shape index (κ1) is 16.6. The van der Waals surface area contributed by atoms with Gasteiger partial charge < -0.3 is 5.32 Å². The van der Waals surface area contributed by atoms with Crippen LogP contribution in [0.2, 0.25) is 10.0 Å². The molecule has 8 heteroatoms. The first-order chi connectivity index (χ1) is 10.9. The second-order valence-corrected chi connectivity index (χ2v) is 7.05. The Morgan fingerprint density at radius 2 is 1.91 bits per heavy atom. The highest BCUT2D eigenvalue weighted by Crippen LogP contribution is 2.37. The maximum Gasteiger partial charge on any atom is 0.197 e. The van der Waals surface area contributed by atoms with Crippen molar-refractivity contribution in [3.05, 3.63) is 39.5 Å². The van der Waals surface area contributed by atoms with E-state index in [0.29, 0.717) is 15.3 Å². The molecule has 1 aliphatic rings. The molecule has 1 N–H and O–H groups in total. The monoisotopic (exact) mass is 371 g/mol. The van der Waals surface area contributed by atoms with Crippen molar-refractivity contribution in [1.82, 2.24) is 15.0 Å². The maximum absolute atomic E-state index is 6.32. The fraction of sp³-hybridized carbons (Fsp3) is 0.400. The molecule has 5 nitrogen and oxygen atoms in total. The lowest BCUT2D eigenvalue weighted by Gasteiger charge is -2.23. The maximum atomic E-state index is 6.32. The molecule has 0 aliphatic carbocycles. The van der Waals surface area contributed by atoms with Gasteiger partial charge in [-0.25, -0.2) is 9.67 Å². The summed E-state index contributed by atoms with van der Waals surface area (Å²) in [4.78, 5) is 4.41. The van der Waals surface area contributed by atoms with Gasteiger partial charge in [-0.2, -0.15) is 0 Å². The predicted octanol–water partition coefficient (Wildman–Crippen LogP) is 4.91. The minimum atomic E-state index is -0.126. The number of halogens is 3. The first-order valence-electron chi connectivity index (χ1n) is 7.28. The third kappa shape index (κ3) is 3.05. The zero-order valence-electron chi connectivity index (χ0n) is 12.9. The number of fused-ring (bicyclic) bond motifs is 1. The molecule has 0 saturated heterocycles. The quantitative estimate of drug-likeness (QED) is 0.779. The molecule has 3 rings (SSSR count). The van der Waals surface area contributed by atoms with E-state index in [1.165, 1.54) is 0 Å². The van der Waals surface area contributed by atoms with E-state index in [1.807, 2.05) is 13.0 Å². The van der Waals surface area contributed by atoms with Crippen LogP contribution < -0.4 is 5.32 Å². The Balaban J connectivity index is 2.03. The molecule has 0 amide bonds. The number of amidine groups is 1. The van der Waals surface area contributed by atoms with Gasteiger partial charge in [0.15, 0.2) is 11.1 Å². The minimum absolute atomic E-state index is 0.111. The number of nitrogens with zero attached hydrogens (tertiary/aromatic N) is 4. The summed E-state index contributed by atoms with van der Waals surface area (Å²) in [6.45, 7) is 6.15. The lowest BCUT2D eigenvalue weighted by Crippen LogP contribution is -2.22. The molecule has 2 atom stereocenters. The minimum Gasteiger partial charge on any atom is -0.314 e. The summed E-state index contributed by atoms with van der Waals surface area (Å²) in [6, 6.07) is 5.18. The summed E-state index contributed by atoms with van der Waals surface area (Å²) < 4.78 is 1.77. The van der Waals surface area contributed by atoms with Crippen molar-refractivity contribution in [2.75, 3.05) is 5.32 Å². The molecule has 2 aromatic rings. The molecular formula is C15H16Cl3N5. The van der Waals surface area contributed by atoms with Crippen molar-refractivity contribution in [2.24, 2.45) is 10.9 Å². The van der Waals surface area contributed by atoms with Gasteiger partial charge in [0.25, 0.3) is 0 Å². The second-order valence-electron chi connectivity index (χ2n) is 5.84. The average Bonchev–Trinajstić information content (AvgIpc) is 2.89. The molecule has 23 heavy (non-hydrogen) atoms. The fourth-order valence-electron chi connectivity index (χ4n) is 2.65. The third-order valence-corrected chi connectivity index (χ3v) is 4.64. The lowest BCUT2D eigenvalue weighted by molar-refractivity contribution is 0.504. The molecule has 1 aromatic heterocycles. The van der Waals surface area contributed by atoms with Gasteiger partial charge in [-0.3, -0.25) is 0 Å². The van der Waals surface area contributed by atoms with Crippen LogP contribution >= 0.6 is 34.8 Å². The zero-order valence-corrected chi connectivity index (χ0v) is 15.2. The number of rotatable bonds is 3. The van der Waals surface area contributed by atoms with Crippen LogP contribution in [0.4, 0.5) is 5.82 Å². The van der Waals surface area contributed by atoms with Crippen molar-refractivity contribution < 1.29 is 0 Å². The van der Waals surface area contributed by atoms with Gasteiger partial charge in [0.2, 0.25) is 0 Å². The molecule has 0 fully saturated rings. The smallest absolute Gasteiger partial charge is 0.197 e. The number of aliphatic imine (C=N–C) groups is 1. The van der Waals surface area contributed by atoms with E-state index >= 15 is 0 Å². The van der Waals surface area contributed by atoms with Crippen LogP contribution in [0, 0.1) is 5.92 Å². The molecule has 122 valence electrons. The van der Waals surface area contributed by atoms with E-state index < -0.39 is 0 Å². The SMILES string of the molecule is CC(C)C1N=C(Cl)Nc2c1nnn2[C@H](C)c1ccc(Cl)cc1Cl. The van der Waals surface area contributed by atoms with E-state index in [4.69, 9.17) is 34.8 Å². The Hall–Kier alpha value is -1.30. The Morgan fingerprint density at radius 1 is 1.17 bits per heavy atom. The van der Waals surface area contributed by atoms with E-state index in [2.05, 4.69) is 34.5 Å². The van der Waals surface area contributed by atoms with E-state index in [-0.39, 0.29) is 18.0 Å². The largest absolute Gasteiger partial charge is 0.314 e. The van der Waals surface area contributed by atoms with Gasteiger partial charge in [-0.15, -0.1) is 5.10 Å². The van der Waals surface area contributed by atoms with Gasteiger partial charge in [-0.05, 0) is 42.1 Å². The zero-order chi connectivity index (χ0) is 16.7. The summed E-state index contributed by atoms with van der Waals surface area (Å²) >= 11 is 18.4. The average molecular weight is 373 g/mol. The van der Waals surface area contributed by atoms with Crippen molar-refractivity contribution in [1.29, 1.82) is 0 Å². The Labute approximate surface area is 149 Å². The van der Waals surface area contributed by atoms with Crippen molar-refractivity contribution in [3.63, 3.8) is 0 Å². The molecule has 0 radical (unpaired) electrons. The molecule has 0 bridgehead atoms. The number of hydrogen-bond donors (Lipinski definition) is 1. The van der Waals surface area contributed by atoms with E-state index in [1.54, 1.807) is 16.8 Å². The van der Waals surface area contributed by atoms with Crippen LogP contribution in [0.3, 0.4) is 0 Å². The molecular weight excluding hydrogens is 357 g/mol. The predicted molar refractivity (Wildman–Crippen MR) is 94.8 cm³/mol. The normalized spacial score (nSPS) is 18.4. The summed E-state index contributed by atoms with van der Waals surface area (Å²) in [7, 11) is 0. The summed E-state index contributed by atoms with van der Waals surface area (Å²) in [5, 5.41) is 13.2. The van der Waals surface area contributed by atoms with Gasteiger partial charge in [0.05, 0.1) is 6.04 Å². The fourth-order valence-corrected chi connectivity index (χ4v) is 3.41. The van der Waals surface area contributed by atoms with Gasteiger partial charge in [0.1, 0.15) is 11.7 Å². The molecule has 1 aliphatic heterocycles. The first-order valence-corrected chi connectivity index (χ1v) is 8.42. The summed E-state index contributed by atoms with van der Waals surface area (Å²) in [6.07, 6.45) is 0. The highest BCUT2D eigenvalue weighted by Gasteiger charge is 2.31. The number of benzene rings is 1. The van der Waals surface area contributed by atoms with Crippen LogP contribution in [0.1, 0.15) is 44.1 Å². The number of anilines is 1. The highest BCUT2D eigenvalue weighted by molar-refractivity contribution is 6.67. The second kappa shape index (κ2) is 6.30. The van der Waals surface area contributed by atoms with Crippen LogP contribution in [-0.2, 0) is 0 Å². The number of nitrogens with one attached hydrogen (secondary N) is 1. The van der Waals surface area contributed by atoms with Crippen molar-refractivity contribution >= 4 is 45.9 Å². The summed E-state index contributed by atoms with van der Waals surface area (Å²) in [5.41, 5.74) is 1.70. The van der Waals surface area contributed by atoms with E-state index in [0.717, 1.165) is 17.1 Å². The highest BCUT2D eigenvalue weighted by atomic mass is 35.5. The van der Waals surface area contributed by atoms with Gasteiger partial charge in [0, 0.05) is 10.0 Å². The lowest BCUT2D eigenvalue weighted by atomic mass is 10.0. The Bertz CT molecular complexity index is 768. The number of aromatic nitrogens is 3. The summed E-state index contributed by atoms with van der Waals surface area (Å²) in [5.74, 6) is 1.02. The standard InChI is InChI=1S/C15H16Cl3N5/c1-7(2)12-13-14(20-15(18)19-12)23(22-21-13)8(3)10-5-4-9(16)6-11(10)17/h4-8,12H,1-3H3,(H,19,20)/t8-,12?/m1/s1. The van der Waals surface area contributed by atoms with Crippen LogP contribution in [-0.4, -0.2) is 20.3 Å². The van der Waals surface area contributed by atoms with Gasteiger partial charge >= 0.3 is 0 Å². The Morgan fingerprint density at radius 3 is 2.57 bits per heavy atom. The number of hydrogen-bond acceptors (Lipinski definition) is 4. The molecule has 1 aromatic carbocycles. The van der Waals surface area contributed by atoms with Crippen LogP contribution in [0.15, 0.2) is 23.2 Å². The van der Waals surface area contributed by atoms with E-state index in [9.17, 15) is 0 Å². The molecule has 1 unspecified atom stereocenters. The van der Waals surface area contributed by atoms with Gasteiger partial charge in [-0.1, -0.05) is 48.3 Å². The molecule has 2 heterocycles. The third-order valence-electron chi connectivity index (χ3n) is 3.89. The topological polar surface area (TPSA) is 55.1 Å². The van der Waals surface area contributed by atoms with Crippen LogP contribution in [0.5, 0.6) is 0 Å². The molecule has 0 saturated carbocycles. The molecule has 0 spiro atoms.